The number of nitrogens with one attached hydrogen (secondary N) is 1. The van der Waals surface area contributed by atoms with Crippen LogP contribution in [0.4, 0.5) is 0 Å². The second-order valence-electron chi connectivity index (χ2n) is 5.92. The van der Waals surface area contributed by atoms with Crippen LogP contribution in [-0.4, -0.2) is 32.5 Å². The Morgan fingerprint density at radius 3 is 2.69 bits per heavy atom. The number of nitrogens with zero attached hydrogens (tertiary/aromatic N) is 3. The van der Waals surface area contributed by atoms with Gasteiger partial charge < -0.3 is 9.73 Å². The number of hydrogen-bond donors (Lipinski definition) is 1. The van der Waals surface area contributed by atoms with Crippen LogP contribution in [0.3, 0.4) is 0 Å². The highest BCUT2D eigenvalue weighted by Gasteiger charge is 2.22. The number of aromatic nitrogens is 3. The number of carbonyl (C=O) groups is 1. The van der Waals surface area contributed by atoms with Gasteiger partial charge in [-0.2, -0.15) is 0 Å². The van der Waals surface area contributed by atoms with Gasteiger partial charge in [-0.25, -0.2) is 0 Å². The molecule has 0 fully saturated rings. The average molecular weight is 370 g/mol. The molecule has 0 spiro atoms. The van der Waals surface area contributed by atoms with Gasteiger partial charge in [0.2, 0.25) is 5.91 Å². The first-order chi connectivity index (χ1) is 12.6. The van der Waals surface area contributed by atoms with Crippen molar-refractivity contribution in [3.63, 3.8) is 0 Å². The first-order valence-corrected chi connectivity index (χ1v) is 9.44. The summed E-state index contributed by atoms with van der Waals surface area (Å²) in [5.74, 6) is 1.53. The number of hydrogen-bond acceptors (Lipinski definition) is 5. The largest absolute Gasteiger partial charge is 0.469 e. The van der Waals surface area contributed by atoms with Crippen molar-refractivity contribution in [1.82, 2.24) is 20.1 Å². The van der Waals surface area contributed by atoms with Gasteiger partial charge in [0.25, 0.3) is 0 Å². The van der Waals surface area contributed by atoms with Gasteiger partial charge in [-0.05, 0) is 32.4 Å². The van der Waals surface area contributed by atoms with Gasteiger partial charge in [0.05, 0.1) is 23.6 Å². The number of amides is 1. The van der Waals surface area contributed by atoms with E-state index in [1.54, 1.807) is 6.26 Å². The third kappa shape index (κ3) is 3.99. The summed E-state index contributed by atoms with van der Waals surface area (Å²) < 4.78 is 7.47. The molecule has 0 saturated carbocycles. The minimum atomic E-state index is -0.257. The summed E-state index contributed by atoms with van der Waals surface area (Å²) in [7, 11) is 0. The Bertz CT molecular complexity index is 873. The van der Waals surface area contributed by atoms with E-state index >= 15 is 0 Å². The summed E-state index contributed by atoms with van der Waals surface area (Å²) in [6, 6.07) is 12.0. The third-order valence-corrected chi connectivity index (χ3v) is 5.08. The van der Waals surface area contributed by atoms with Crippen LogP contribution in [0.25, 0.3) is 11.4 Å². The maximum absolute atomic E-state index is 12.1. The molecule has 0 radical (unpaired) electrons. The van der Waals surface area contributed by atoms with Crippen LogP contribution >= 0.6 is 11.8 Å². The minimum Gasteiger partial charge on any atom is -0.469 e. The molecule has 1 atom stereocenters. The summed E-state index contributed by atoms with van der Waals surface area (Å²) in [4.78, 5) is 12.1. The van der Waals surface area contributed by atoms with Crippen LogP contribution in [0.5, 0.6) is 0 Å². The monoisotopic (exact) mass is 370 g/mol. The maximum Gasteiger partial charge on any atom is 0.233 e. The Hall–Kier alpha value is -2.54. The molecule has 2 heterocycles. The smallest absolute Gasteiger partial charge is 0.233 e. The quantitative estimate of drug-likeness (QED) is 0.644. The lowest BCUT2D eigenvalue weighted by molar-refractivity contribution is -0.120. The molecule has 6 nitrogen and oxygen atoms in total. The van der Waals surface area contributed by atoms with Crippen LogP contribution < -0.4 is 5.32 Å². The normalized spacial score (nSPS) is 12.1. The lowest BCUT2D eigenvalue weighted by atomic mass is 10.2. The van der Waals surface area contributed by atoms with Crippen molar-refractivity contribution in [2.24, 2.45) is 0 Å². The number of furan rings is 1. The van der Waals surface area contributed by atoms with E-state index in [9.17, 15) is 4.79 Å². The Labute approximate surface area is 157 Å². The molecular formula is C19H22N4O2S. The Morgan fingerprint density at radius 2 is 2.04 bits per heavy atom. The number of aryl methyl sites for hydroxylation is 1. The van der Waals surface area contributed by atoms with E-state index in [-0.39, 0.29) is 11.2 Å². The molecule has 0 aliphatic carbocycles. The molecule has 0 saturated heterocycles. The van der Waals surface area contributed by atoms with Crippen molar-refractivity contribution in [3.8, 4) is 11.4 Å². The summed E-state index contributed by atoms with van der Waals surface area (Å²) in [6.07, 6.45) is 1.65. The molecule has 0 aliphatic heterocycles. The summed E-state index contributed by atoms with van der Waals surface area (Å²) in [5.41, 5.74) is 2.05. The van der Waals surface area contributed by atoms with Crippen molar-refractivity contribution in [3.05, 3.63) is 54.0 Å². The predicted molar refractivity (Wildman–Crippen MR) is 102 cm³/mol. The molecular weight excluding hydrogens is 348 g/mol. The summed E-state index contributed by atoms with van der Waals surface area (Å²) in [6.45, 7) is 6.92. The molecule has 2 aromatic heterocycles. The second kappa shape index (κ2) is 8.23. The van der Waals surface area contributed by atoms with Crippen LogP contribution in [0, 0.1) is 6.92 Å². The first kappa shape index (κ1) is 18.3. The van der Waals surface area contributed by atoms with E-state index in [4.69, 9.17) is 4.42 Å². The topological polar surface area (TPSA) is 73.0 Å². The van der Waals surface area contributed by atoms with Gasteiger partial charge in [-0.1, -0.05) is 42.1 Å². The minimum absolute atomic E-state index is 0.00666. The zero-order chi connectivity index (χ0) is 18.5. The van der Waals surface area contributed by atoms with Crippen molar-refractivity contribution < 1.29 is 9.21 Å². The molecule has 7 heteroatoms. The Kier molecular flexibility index (Phi) is 5.78. The van der Waals surface area contributed by atoms with E-state index in [0.717, 1.165) is 22.7 Å². The second-order valence-corrected chi connectivity index (χ2v) is 7.23. The fraction of sp³-hybridized carbons (Fsp3) is 0.316. The molecule has 0 bridgehead atoms. The van der Waals surface area contributed by atoms with Crippen molar-refractivity contribution in [2.45, 2.75) is 37.7 Å². The first-order valence-electron chi connectivity index (χ1n) is 8.56. The zero-order valence-corrected chi connectivity index (χ0v) is 15.9. The van der Waals surface area contributed by atoms with Gasteiger partial charge in [-0.3, -0.25) is 9.36 Å². The highest BCUT2D eigenvalue weighted by Crippen LogP contribution is 2.29. The lowest BCUT2D eigenvalue weighted by Crippen LogP contribution is -2.30. The fourth-order valence-corrected chi connectivity index (χ4v) is 3.50. The van der Waals surface area contributed by atoms with E-state index in [2.05, 4.69) is 27.6 Å². The van der Waals surface area contributed by atoms with E-state index in [1.165, 1.54) is 11.8 Å². The zero-order valence-electron chi connectivity index (χ0n) is 15.1. The molecule has 1 N–H and O–H groups in total. The van der Waals surface area contributed by atoms with Crippen LogP contribution in [0.2, 0.25) is 0 Å². The van der Waals surface area contributed by atoms with Crippen molar-refractivity contribution in [1.29, 1.82) is 0 Å². The predicted octanol–water partition coefficient (Wildman–Crippen LogP) is 3.51. The summed E-state index contributed by atoms with van der Waals surface area (Å²) >= 11 is 1.41. The fourth-order valence-electron chi connectivity index (χ4n) is 2.63. The molecule has 1 amide bonds. The van der Waals surface area contributed by atoms with Gasteiger partial charge in [0.15, 0.2) is 11.0 Å². The van der Waals surface area contributed by atoms with Gasteiger partial charge in [-0.15, -0.1) is 10.2 Å². The number of rotatable bonds is 7. The molecule has 26 heavy (non-hydrogen) atoms. The van der Waals surface area contributed by atoms with E-state index in [0.29, 0.717) is 18.2 Å². The SMILES string of the molecule is CCNC(=O)[C@H](C)Sc1nnc(-c2ccoc2C)n1Cc1ccccc1. The molecule has 136 valence electrons. The molecule has 0 unspecified atom stereocenters. The standard InChI is InChI=1S/C19H22N4O2S/c1-4-20-18(24)14(3)26-19-22-21-17(16-10-11-25-13(16)2)23(19)12-15-8-6-5-7-9-15/h5-11,14H,4,12H2,1-3H3,(H,20,24)/t14-/m0/s1. The lowest BCUT2D eigenvalue weighted by Gasteiger charge is -2.13. The number of benzene rings is 1. The van der Waals surface area contributed by atoms with Crippen molar-refractivity contribution in [2.75, 3.05) is 6.54 Å². The Balaban J connectivity index is 1.95. The maximum atomic E-state index is 12.1. The van der Waals surface area contributed by atoms with Crippen molar-refractivity contribution >= 4 is 17.7 Å². The molecule has 3 rings (SSSR count). The number of thioether (sulfide) groups is 1. The molecule has 1 aromatic carbocycles. The van der Waals surface area contributed by atoms with Crippen LogP contribution in [0.1, 0.15) is 25.2 Å². The highest BCUT2D eigenvalue weighted by atomic mass is 32.2. The van der Waals surface area contributed by atoms with Crippen LogP contribution in [-0.2, 0) is 11.3 Å². The molecule has 0 aliphatic rings. The highest BCUT2D eigenvalue weighted by molar-refractivity contribution is 8.00. The van der Waals surface area contributed by atoms with E-state index in [1.807, 2.05) is 49.6 Å². The Morgan fingerprint density at radius 1 is 1.27 bits per heavy atom. The van der Waals surface area contributed by atoms with Gasteiger partial charge in [0, 0.05) is 6.54 Å². The van der Waals surface area contributed by atoms with Gasteiger partial charge >= 0.3 is 0 Å². The van der Waals surface area contributed by atoms with Crippen LogP contribution in [0.15, 0.2) is 52.2 Å². The third-order valence-electron chi connectivity index (χ3n) is 4.00. The average Bonchev–Trinajstić information content (AvgIpc) is 3.22. The number of carbonyl (C=O) groups excluding carboxylic acids is 1. The van der Waals surface area contributed by atoms with Gasteiger partial charge in [0.1, 0.15) is 5.76 Å². The molecule has 3 aromatic rings. The summed E-state index contributed by atoms with van der Waals surface area (Å²) in [5, 5.41) is 12.0. The van der Waals surface area contributed by atoms with E-state index < -0.39 is 0 Å².